The summed E-state index contributed by atoms with van der Waals surface area (Å²) in [6.07, 6.45) is 2.70. The Morgan fingerprint density at radius 3 is 1.85 bits per heavy atom. The molecule has 55 heavy (non-hydrogen) atoms. The number of fused-ring (bicyclic) bond motifs is 2. The predicted molar refractivity (Wildman–Crippen MR) is 210 cm³/mol. The lowest BCUT2D eigenvalue weighted by Crippen LogP contribution is -2.58. The molecular weight excluding hydrogens is 704 g/mol. The first-order chi connectivity index (χ1) is 26.5. The number of aromatic amines is 1. The molecule has 0 spiro atoms. The molecule has 0 unspecified atom stereocenters. The van der Waals surface area contributed by atoms with Gasteiger partial charge in [-0.05, 0) is 53.6 Å². The number of carbonyl (C=O) groups is 5. The van der Waals surface area contributed by atoms with Crippen LogP contribution >= 0.6 is 0 Å². The average Bonchev–Trinajstić information content (AvgIpc) is 3.57. The minimum absolute atomic E-state index is 0.0449. The Kier molecular flexibility index (Phi) is 13.6. The maximum atomic E-state index is 14.2. The Morgan fingerprint density at radius 1 is 0.618 bits per heavy atom. The largest absolute Gasteiger partial charge is 0.370 e. The van der Waals surface area contributed by atoms with Crippen molar-refractivity contribution >= 4 is 63.1 Å². The third kappa shape index (κ3) is 11.4. The van der Waals surface area contributed by atoms with Crippen molar-refractivity contribution in [3.8, 4) is 0 Å². The minimum Gasteiger partial charge on any atom is -0.370 e. The smallest absolute Gasteiger partial charge is 0.243 e. The molecule has 290 valence electrons. The van der Waals surface area contributed by atoms with Gasteiger partial charge in [-0.1, -0.05) is 60.7 Å². The number of hydrogen-bond acceptors (Lipinski definition) is 7. The molecule has 5 rings (SSSR count). The van der Waals surface area contributed by atoms with Gasteiger partial charge in [0.05, 0.1) is 6.54 Å². The summed E-state index contributed by atoms with van der Waals surface area (Å²) >= 11 is 0. The number of rotatable bonds is 12. The van der Waals surface area contributed by atoms with E-state index in [0.29, 0.717) is 12.8 Å². The summed E-state index contributed by atoms with van der Waals surface area (Å²) in [5.74, 6) is -3.49. The summed E-state index contributed by atoms with van der Waals surface area (Å²) < 4.78 is 0. The Labute approximate surface area is 317 Å². The van der Waals surface area contributed by atoms with Crippen LogP contribution in [0.3, 0.4) is 0 Å². The van der Waals surface area contributed by atoms with Crippen molar-refractivity contribution in [1.29, 1.82) is 0 Å². The SMILES string of the molecule is NC(N)=NCCC[C@@H]1NC(=O)CNC(=O)[C@H](Cc2ccc3ccccc3c2)NC(=O)[C@H](CCCN=C(N)N)NC(=O)[C@@H](Cc2c[nH]c3ccccc23)NC1=O. The fraction of sp³-hybridized carbons (Fsp3) is 0.342. The Morgan fingerprint density at radius 2 is 1.18 bits per heavy atom. The number of nitrogens with two attached hydrogens (primary N) is 4. The molecule has 1 fully saturated rings. The normalized spacial score (nSPS) is 19.9. The number of aromatic nitrogens is 1. The van der Waals surface area contributed by atoms with Crippen LogP contribution < -0.4 is 49.5 Å². The van der Waals surface area contributed by atoms with Crippen molar-refractivity contribution in [2.75, 3.05) is 19.6 Å². The van der Waals surface area contributed by atoms with E-state index in [1.165, 1.54) is 0 Å². The van der Waals surface area contributed by atoms with E-state index in [1.807, 2.05) is 66.7 Å². The number of nitrogens with one attached hydrogen (secondary N) is 6. The van der Waals surface area contributed by atoms with Gasteiger partial charge in [0, 0.05) is 43.0 Å². The highest BCUT2D eigenvalue weighted by Crippen LogP contribution is 2.20. The molecule has 17 heteroatoms. The van der Waals surface area contributed by atoms with Gasteiger partial charge in [-0.15, -0.1) is 0 Å². The van der Waals surface area contributed by atoms with Gasteiger partial charge in [0.1, 0.15) is 24.2 Å². The summed E-state index contributed by atoms with van der Waals surface area (Å²) in [5.41, 5.74) is 24.3. The zero-order valence-electron chi connectivity index (χ0n) is 30.3. The van der Waals surface area contributed by atoms with Gasteiger partial charge in [0.2, 0.25) is 29.5 Å². The van der Waals surface area contributed by atoms with E-state index in [1.54, 1.807) is 6.20 Å². The van der Waals surface area contributed by atoms with Crippen LogP contribution in [0.4, 0.5) is 0 Å². The number of para-hydroxylation sites is 1. The van der Waals surface area contributed by atoms with Gasteiger partial charge in [-0.2, -0.15) is 0 Å². The first kappa shape index (κ1) is 39.6. The number of amides is 5. The molecule has 1 aromatic heterocycles. The second-order valence-corrected chi connectivity index (χ2v) is 13.4. The lowest BCUT2D eigenvalue weighted by Gasteiger charge is -2.26. The first-order valence-electron chi connectivity index (χ1n) is 18.1. The van der Waals surface area contributed by atoms with Crippen molar-refractivity contribution in [1.82, 2.24) is 31.6 Å². The number of carbonyl (C=O) groups excluding carboxylic acids is 5. The van der Waals surface area contributed by atoms with E-state index >= 15 is 0 Å². The molecule has 0 saturated carbocycles. The molecule has 17 nitrogen and oxygen atoms in total. The molecule has 3 aromatic carbocycles. The summed E-state index contributed by atoms with van der Waals surface area (Å²) in [6, 6.07) is 16.3. The van der Waals surface area contributed by atoms with E-state index in [0.717, 1.165) is 32.8 Å². The van der Waals surface area contributed by atoms with Crippen molar-refractivity contribution in [3.63, 3.8) is 0 Å². The van der Waals surface area contributed by atoms with E-state index in [2.05, 4.69) is 41.6 Å². The van der Waals surface area contributed by atoms with Gasteiger partial charge in [-0.25, -0.2) is 0 Å². The molecular formula is C38H48N12O5. The third-order valence-corrected chi connectivity index (χ3v) is 9.22. The highest BCUT2D eigenvalue weighted by Gasteiger charge is 2.33. The van der Waals surface area contributed by atoms with Crippen molar-refractivity contribution in [3.05, 3.63) is 84.1 Å². The molecule has 1 aliphatic rings. The lowest BCUT2D eigenvalue weighted by atomic mass is 10.00. The van der Waals surface area contributed by atoms with Gasteiger partial charge in [0.25, 0.3) is 0 Å². The molecule has 14 N–H and O–H groups in total. The summed E-state index contributed by atoms with van der Waals surface area (Å²) in [4.78, 5) is 80.3. The monoisotopic (exact) mass is 752 g/mol. The van der Waals surface area contributed by atoms with Crippen LogP contribution in [0.5, 0.6) is 0 Å². The van der Waals surface area contributed by atoms with Crippen LogP contribution in [0.1, 0.15) is 36.8 Å². The third-order valence-electron chi connectivity index (χ3n) is 9.22. The van der Waals surface area contributed by atoms with Crippen molar-refractivity contribution in [2.24, 2.45) is 32.9 Å². The molecule has 5 amide bonds. The van der Waals surface area contributed by atoms with Crippen LogP contribution in [0.25, 0.3) is 21.7 Å². The van der Waals surface area contributed by atoms with E-state index in [9.17, 15) is 24.0 Å². The number of H-pyrrole nitrogens is 1. The summed E-state index contributed by atoms with van der Waals surface area (Å²) in [5, 5.41) is 16.5. The van der Waals surface area contributed by atoms with Gasteiger partial charge >= 0.3 is 0 Å². The van der Waals surface area contributed by atoms with Gasteiger partial charge < -0.3 is 54.5 Å². The predicted octanol–water partition coefficient (Wildman–Crippen LogP) is -0.717. The quantitative estimate of drug-likeness (QED) is 0.0496. The van der Waals surface area contributed by atoms with Crippen molar-refractivity contribution < 1.29 is 24.0 Å². The van der Waals surface area contributed by atoms with Crippen LogP contribution in [0.2, 0.25) is 0 Å². The lowest BCUT2D eigenvalue weighted by molar-refractivity contribution is -0.134. The molecule has 4 aromatic rings. The highest BCUT2D eigenvalue weighted by molar-refractivity contribution is 5.98. The summed E-state index contributed by atoms with van der Waals surface area (Å²) in [6.45, 7) is -0.129. The standard InChI is InChI=1S/C38H48N12O5/c39-37(40)43-15-5-11-28-34(53)50-31(19-25-20-45-27-10-4-3-9-26(25)27)36(55)48-29(12-6-16-44-38(41)42)35(54)49-30(33(52)46-21-32(51)47-28)18-22-13-14-23-7-1-2-8-24(23)17-22/h1-4,7-10,13-14,17,20,28-31,45H,5-6,11-12,15-16,18-19,21H2,(H,46,52)(H,47,51)(H,48,55)(H,49,54)(H,50,53)(H4,39,40,43)(H4,41,42,44)/t28-,29-,30-,31+/m0/s1. The second kappa shape index (κ2) is 18.9. The Bertz CT molecular complexity index is 2070. The Hall–Kier alpha value is -6.65. The highest BCUT2D eigenvalue weighted by atomic mass is 16.2. The molecule has 1 saturated heterocycles. The fourth-order valence-corrected chi connectivity index (χ4v) is 6.44. The van der Waals surface area contributed by atoms with Gasteiger partial charge in [-0.3, -0.25) is 34.0 Å². The Balaban J connectivity index is 1.48. The van der Waals surface area contributed by atoms with Gasteiger partial charge in [0.15, 0.2) is 11.9 Å². The number of benzene rings is 3. The zero-order valence-corrected chi connectivity index (χ0v) is 30.3. The number of hydrogen-bond donors (Lipinski definition) is 10. The molecule has 0 aliphatic carbocycles. The topological polar surface area (TPSA) is 290 Å². The van der Waals surface area contributed by atoms with Crippen LogP contribution in [0.15, 0.2) is 82.9 Å². The van der Waals surface area contributed by atoms with E-state index < -0.39 is 60.2 Å². The molecule has 2 heterocycles. The first-order valence-corrected chi connectivity index (χ1v) is 18.1. The molecule has 4 atom stereocenters. The maximum absolute atomic E-state index is 14.2. The maximum Gasteiger partial charge on any atom is 0.243 e. The average molecular weight is 753 g/mol. The number of guanidine groups is 2. The minimum atomic E-state index is -1.19. The van der Waals surface area contributed by atoms with E-state index in [-0.39, 0.29) is 50.7 Å². The molecule has 0 bridgehead atoms. The molecule has 0 radical (unpaired) electrons. The van der Waals surface area contributed by atoms with E-state index in [4.69, 9.17) is 22.9 Å². The molecule has 1 aliphatic heterocycles. The van der Waals surface area contributed by atoms with Crippen LogP contribution in [-0.2, 0) is 36.8 Å². The van der Waals surface area contributed by atoms with Crippen LogP contribution in [-0.4, -0.2) is 90.2 Å². The summed E-state index contributed by atoms with van der Waals surface area (Å²) in [7, 11) is 0. The zero-order chi connectivity index (χ0) is 39.3. The number of nitrogens with zero attached hydrogens (tertiary/aromatic N) is 2. The second-order valence-electron chi connectivity index (χ2n) is 13.4. The van der Waals surface area contributed by atoms with Crippen LogP contribution in [0, 0.1) is 0 Å². The van der Waals surface area contributed by atoms with Crippen molar-refractivity contribution in [2.45, 2.75) is 62.7 Å². The number of aliphatic imine (C=N–C) groups is 2. The fourth-order valence-electron chi connectivity index (χ4n) is 6.44.